The Morgan fingerprint density at radius 2 is 1.62 bits per heavy atom. The molecule has 0 heterocycles. The van der Waals surface area contributed by atoms with Crippen molar-refractivity contribution < 1.29 is 9.47 Å². The van der Waals surface area contributed by atoms with Crippen molar-refractivity contribution in [2.75, 3.05) is 31.9 Å². The van der Waals surface area contributed by atoms with Gasteiger partial charge in [0.2, 0.25) is 0 Å². The first kappa shape index (κ1) is 15.8. The van der Waals surface area contributed by atoms with Gasteiger partial charge >= 0.3 is 0 Å². The van der Waals surface area contributed by atoms with Crippen LogP contribution in [0.15, 0.2) is 12.1 Å². The number of ether oxygens (including phenoxy) is 2. The number of nitrogen functional groups attached to an aromatic ring is 1. The molecule has 0 spiro atoms. The minimum atomic E-state index is 0.473. The molecule has 4 nitrogen and oxygen atoms in total. The van der Waals surface area contributed by atoms with Crippen molar-refractivity contribution in [3.8, 4) is 11.5 Å². The minimum absolute atomic E-state index is 0.473. The molecule has 0 aliphatic heterocycles. The molecule has 4 heteroatoms. The Kier molecular flexibility index (Phi) is 4.55. The van der Waals surface area contributed by atoms with E-state index < -0.39 is 0 Å². The summed E-state index contributed by atoms with van der Waals surface area (Å²) in [6.07, 6.45) is 4.93. The van der Waals surface area contributed by atoms with Crippen LogP contribution in [0.3, 0.4) is 0 Å². The summed E-state index contributed by atoms with van der Waals surface area (Å²) in [4.78, 5) is 2.30. The van der Waals surface area contributed by atoms with Crippen LogP contribution in [0.4, 0.5) is 11.4 Å². The maximum absolute atomic E-state index is 6.20. The standard InChI is InChI=1S/C17H28N2O2/c1-17(2)8-6-12(7-9-17)19(3)14-11-16(21-5)15(20-4)10-13(14)18/h10-12H,6-9,18H2,1-5H3. The third-order valence-electron chi connectivity index (χ3n) is 4.77. The summed E-state index contributed by atoms with van der Waals surface area (Å²) in [5.41, 5.74) is 8.44. The largest absolute Gasteiger partial charge is 0.493 e. The van der Waals surface area contributed by atoms with Gasteiger partial charge in [-0.2, -0.15) is 0 Å². The molecule has 1 aliphatic rings. The first-order valence-corrected chi connectivity index (χ1v) is 7.62. The predicted octanol–water partition coefficient (Wildman–Crippen LogP) is 3.69. The van der Waals surface area contributed by atoms with E-state index in [4.69, 9.17) is 15.2 Å². The summed E-state index contributed by atoms with van der Waals surface area (Å²) in [5, 5.41) is 0. The molecule has 118 valence electrons. The van der Waals surface area contributed by atoms with Gasteiger partial charge < -0.3 is 20.1 Å². The number of rotatable bonds is 4. The second kappa shape index (κ2) is 6.04. The zero-order valence-electron chi connectivity index (χ0n) is 13.9. The van der Waals surface area contributed by atoms with E-state index in [2.05, 4.69) is 25.8 Å². The van der Waals surface area contributed by atoms with Gasteiger partial charge in [-0.1, -0.05) is 13.8 Å². The molecule has 1 saturated carbocycles. The molecule has 0 unspecified atom stereocenters. The van der Waals surface area contributed by atoms with Gasteiger partial charge in [-0.25, -0.2) is 0 Å². The molecule has 1 aliphatic carbocycles. The van der Waals surface area contributed by atoms with Crippen LogP contribution in [-0.4, -0.2) is 27.3 Å². The van der Waals surface area contributed by atoms with Gasteiger partial charge in [0.25, 0.3) is 0 Å². The maximum atomic E-state index is 6.20. The Morgan fingerprint density at radius 3 is 2.14 bits per heavy atom. The third-order valence-corrected chi connectivity index (χ3v) is 4.77. The van der Waals surface area contributed by atoms with Crippen molar-refractivity contribution in [1.82, 2.24) is 0 Å². The molecule has 2 rings (SSSR count). The van der Waals surface area contributed by atoms with Gasteiger partial charge in [0.15, 0.2) is 11.5 Å². The highest BCUT2D eigenvalue weighted by Gasteiger charge is 2.29. The quantitative estimate of drug-likeness (QED) is 0.860. The molecular formula is C17H28N2O2. The average Bonchev–Trinajstić information content (AvgIpc) is 2.46. The lowest BCUT2D eigenvalue weighted by atomic mass is 9.75. The highest BCUT2D eigenvalue weighted by molar-refractivity contribution is 5.73. The topological polar surface area (TPSA) is 47.7 Å². The van der Waals surface area contributed by atoms with Crippen LogP contribution >= 0.6 is 0 Å². The van der Waals surface area contributed by atoms with E-state index >= 15 is 0 Å². The summed E-state index contributed by atoms with van der Waals surface area (Å²) in [6.45, 7) is 4.71. The smallest absolute Gasteiger partial charge is 0.162 e. The van der Waals surface area contributed by atoms with Crippen LogP contribution in [-0.2, 0) is 0 Å². The SMILES string of the molecule is COc1cc(N)c(N(C)C2CCC(C)(C)CC2)cc1OC. The van der Waals surface area contributed by atoms with E-state index in [9.17, 15) is 0 Å². The monoisotopic (exact) mass is 292 g/mol. The van der Waals surface area contributed by atoms with Crippen LogP contribution in [0.5, 0.6) is 11.5 Å². The normalized spacial score (nSPS) is 18.3. The fraction of sp³-hybridized carbons (Fsp3) is 0.647. The minimum Gasteiger partial charge on any atom is -0.493 e. The first-order valence-electron chi connectivity index (χ1n) is 7.62. The fourth-order valence-electron chi connectivity index (χ4n) is 3.16. The van der Waals surface area contributed by atoms with E-state index in [-0.39, 0.29) is 0 Å². The highest BCUT2D eigenvalue weighted by atomic mass is 16.5. The molecule has 0 radical (unpaired) electrons. The molecular weight excluding hydrogens is 264 g/mol. The molecule has 1 aromatic carbocycles. The molecule has 0 saturated heterocycles. The fourth-order valence-corrected chi connectivity index (χ4v) is 3.16. The van der Waals surface area contributed by atoms with E-state index in [1.54, 1.807) is 14.2 Å². The highest BCUT2D eigenvalue weighted by Crippen LogP contribution is 2.41. The summed E-state index contributed by atoms with van der Waals surface area (Å²) < 4.78 is 10.7. The second-order valence-corrected chi connectivity index (χ2v) is 6.77. The molecule has 2 N–H and O–H groups in total. The number of anilines is 2. The average molecular weight is 292 g/mol. The molecule has 1 fully saturated rings. The van der Waals surface area contributed by atoms with Crippen molar-refractivity contribution in [3.05, 3.63) is 12.1 Å². The number of methoxy groups -OCH3 is 2. The van der Waals surface area contributed by atoms with E-state index in [1.807, 2.05) is 12.1 Å². The van der Waals surface area contributed by atoms with E-state index in [1.165, 1.54) is 25.7 Å². The van der Waals surface area contributed by atoms with Crippen LogP contribution in [0.1, 0.15) is 39.5 Å². The molecule has 0 amide bonds. The van der Waals surface area contributed by atoms with Gasteiger partial charge in [0.1, 0.15) is 0 Å². The Balaban J connectivity index is 2.21. The zero-order valence-corrected chi connectivity index (χ0v) is 13.9. The van der Waals surface area contributed by atoms with Crippen LogP contribution in [0.25, 0.3) is 0 Å². The Labute approximate surface area is 128 Å². The van der Waals surface area contributed by atoms with Gasteiger partial charge in [0, 0.05) is 25.2 Å². The predicted molar refractivity (Wildman–Crippen MR) is 88.4 cm³/mol. The second-order valence-electron chi connectivity index (χ2n) is 6.77. The summed E-state index contributed by atoms with van der Waals surface area (Å²) in [7, 11) is 5.41. The Hall–Kier alpha value is -1.58. The van der Waals surface area contributed by atoms with Crippen LogP contribution in [0, 0.1) is 5.41 Å². The lowest BCUT2D eigenvalue weighted by Gasteiger charge is -2.40. The number of nitrogens with two attached hydrogens (primary N) is 1. The lowest BCUT2D eigenvalue weighted by Crippen LogP contribution is -2.37. The van der Waals surface area contributed by atoms with Gasteiger partial charge in [-0.05, 0) is 31.1 Å². The van der Waals surface area contributed by atoms with Gasteiger partial charge in [-0.3, -0.25) is 0 Å². The number of nitrogens with zero attached hydrogens (tertiary/aromatic N) is 1. The Morgan fingerprint density at radius 1 is 1.10 bits per heavy atom. The lowest BCUT2D eigenvalue weighted by molar-refractivity contribution is 0.222. The number of benzene rings is 1. The van der Waals surface area contributed by atoms with Crippen molar-refractivity contribution in [2.24, 2.45) is 5.41 Å². The van der Waals surface area contributed by atoms with Crippen molar-refractivity contribution in [3.63, 3.8) is 0 Å². The first-order chi connectivity index (χ1) is 9.88. The molecule has 0 aromatic heterocycles. The Bertz CT molecular complexity index is 490. The van der Waals surface area contributed by atoms with Crippen molar-refractivity contribution in [1.29, 1.82) is 0 Å². The molecule has 0 atom stereocenters. The summed E-state index contributed by atoms with van der Waals surface area (Å²) >= 11 is 0. The molecule has 1 aromatic rings. The number of hydrogen-bond acceptors (Lipinski definition) is 4. The third kappa shape index (κ3) is 3.36. The van der Waals surface area contributed by atoms with Crippen molar-refractivity contribution >= 4 is 11.4 Å². The van der Waals surface area contributed by atoms with Crippen LogP contribution < -0.4 is 20.1 Å². The maximum Gasteiger partial charge on any atom is 0.162 e. The summed E-state index contributed by atoms with van der Waals surface area (Å²) in [5.74, 6) is 1.40. The van der Waals surface area contributed by atoms with Gasteiger partial charge in [0.05, 0.1) is 25.6 Å². The van der Waals surface area contributed by atoms with E-state index in [0.717, 1.165) is 17.1 Å². The van der Waals surface area contributed by atoms with Gasteiger partial charge in [-0.15, -0.1) is 0 Å². The molecule has 0 bridgehead atoms. The van der Waals surface area contributed by atoms with Crippen LogP contribution in [0.2, 0.25) is 0 Å². The molecule has 21 heavy (non-hydrogen) atoms. The summed E-state index contributed by atoms with van der Waals surface area (Å²) in [6, 6.07) is 4.36. The van der Waals surface area contributed by atoms with E-state index in [0.29, 0.717) is 17.2 Å². The number of hydrogen-bond donors (Lipinski definition) is 1. The zero-order chi connectivity index (χ0) is 15.6. The van der Waals surface area contributed by atoms with Crippen molar-refractivity contribution in [2.45, 2.75) is 45.6 Å².